The van der Waals surface area contributed by atoms with Crippen molar-refractivity contribution in [2.24, 2.45) is 0 Å². The number of para-hydroxylation sites is 1. The smallest absolute Gasteiger partial charge is 0.261 e. The van der Waals surface area contributed by atoms with Gasteiger partial charge in [-0.25, -0.2) is 9.97 Å². The maximum absolute atomic E-state index is 9.19. The Morgan fingerprint density at radius 3 is 2.18 bits per heavy atom. The van der Waals surface area contributed by atoms with E-state index in [4.69, 9.17) is 29.9 Å². The van der Waals surface area contributed by atoms with Crippen molar-refractivity contribution in [1.82, 2.24) is 9.97 Å². The zero-order valence-corrected chi connectivity index (χ0v) is 20.0. The molecule has 11 heteroatoms. The van der Waals surface area contributed by atoms with Gasteiger partial charge in [-0.3, -0.25) is 4.55 Å². The summed E-state index contributed by atoms with van der Waals surface area (Å²) in [7, 11) is -0.419. The van der Waals surface area contributed by atoms with Gasteiger partial charge in [0.05, 0.1) is 30.7 Å². The van der Waals surface area contributed by atoms with Crippen LogP contribution in [0.4, 0.5) is 11.5 Å². The van der Waals surface area contributed by atoms with Crippen molar-refractivity contribution in [2.75, 3.05) is 52.2 Å². The Balaban J connectivity index is 0.000000739. The number of fused-ring (bicyclic) bond motifs is 1. The van der Waals surface area contributed by atoms with E-state index in [1.165, 1.54) is 6.33 Å². The van der Waals surface area contributed by atoms with E-state index in [0.717, 1.165) is 16.6 Å². The van der Waals surface area contributed by atoms with Crippen molar-refractivity contribution in [1.29, 1.82) is 0 Å². The molecule has 2 N–H and O–H groups in total. The highest BCUT2D eigenvalue weighted by atomic mass is 32.2. The number of hydrogen-bond donors (Lipinski definition) is 2. The molecule has 3 rings (SSSR count). The highest BCUT2D eigenvalue weighted by molar-refractivity contribution is 7.85. The van der Waals surface area contributed by atoms with Gasteiger partial charge in [0, 0.05) is 31.2 Å². The third-order valence-electron chi connectivity index (χ3n) is 4.13. The zero-order chi connectivity index (χ0) is 25.0. The number of terminal acetylenes is 1. The van der Waals surface area contributed by atoms with Gasteiger partial charge in [0.1, 0.15) is 25.4 Å². The Morgan fingerprint density at radius 1 is 1.00 bits per heavy atom. The van der Waals surface area contributed by atoms with E-state index in [9.17, 15) is 8.42 Å². The van der Waals surface area contributed by atoms with Crippen LogP contribution < -0.4 is 14.8 Å². The molecular formula is C23H27N3O7S. The van der Waals surface area contributed by atoms with E-state index >= 15 is 0 Å². The molecule has 0 unspecified atom stereocenters. The number of rotatable bonds is 10. The maximum atomic E-state index is 9.19. The fourth-order valence-electron chi connectivity index (χ4n) is 2.70. The van der Waals surface area contributed by atoms with E-state index in [-0.39, 0.29) is 0 Å². The average molecular weight is 490 g/mol. The minimum Gasteiger partial charge on any atom is -0.487 e. The summed E-state index contributed by atoms with van der Waals surface area (Å²) in [5.74, 6) is 4.45. The standard InChI is InChI=1S/C22H23N3O4.CH4O3S/c1-4-16-7-5-6-8-18(16)25-22-17-13-20(28-11-9-26-2)21(29-12-10-27-3)14-19(17)23-15-24-22;1-5(2,3)4/h1,5-8,13-15H,9-12H2,2-3H3,(H,23,24,25);1H3,(H,2,3,4). The Hall–Kier alpha value is -3.43. The van der Waals surface area contributed by atoms with E-state index in [1.54, 1.807) is 14.2 Å². The van der Waals surface area contributed by atoms with Crippen molar-refractivity contribution >= 4 is 32.5 Å². The first-order valence-electron chi connectivity index (χ1n) is 10.0. The van der Waals surface area contributed by atoms with E-state index in [0.29, 0.717) is 55.5 Å². The van der Waals surface area contributed by atoms with Gasteiger partial charge >= 0.3 is 0 Å². The van der Waals surface area contributed by atoms with Gasteiger partial charge in [-0.2, -0.15) is 8.42 Å². The zero-order valence-electron chi connectivity index (χ0n) is 19.1. The Labute approximate surface area is 199 Å². The molecule has 0 radical (unpaired) electrons. The highest BCUT2D eigenvalue weighted by Gasteiger charge is 2.13. The molecule has 0 saturated heterocycles. The van der Waals surface area contributed by atoms with Crippen LogP contribution in [0, 0.1) is 12.3 Å². The van der Waals surface area contributed by atoms with E-state index in [1.807, 2.05) is 36.4 Å². The van der Waals surface area contributed by atoms with Gasteiger partial charge < -0.3 is 24.3 Å². The lowest BCUT2D eigenvalue weighted by Gasteiger charge is -2.15. The number of anilines is 2. The first kappa shape index (κ1) is 26.8. The van der Waals surface area contributed by atoms with Crippen molar-refractivity contribution in [3.05, 3.63) is 48.3 Å². The molecule has 0 amide bonds. The number of benzene rings is 2. The van der Waals surface area contributed by atoms with Crippen LogP contribution in [-0.2, 0) is 19.6 Å². The monoisotopic (exact) mass is 489 g/mol. The van der Waals surface area contributed by atoms with Crippen molar-refractivity contribution in [3.8, 4) is 23.8 Å². The molecule has 0 aliphatic heterocycles. The SMILES string of the molecule is C#Cc1ccccc1Nc1ncnc2cc(OCCOC)c(OCCOC)cc12.CS(=O)(=O)O. The summed E-state index contributed by atoms with van der Waals surface area (Å²) in [4.78, 5) is 8.76. The van der Waals surface area contributed by atoms with Crippen LogP contribution in [0.2, 0.25) is 0 Å². The molecule has 0 fully saturated rings. The Morgan fingerprint density at radius 2 is 1.59 bits per heavy atom. The lowest BCUT2D eigenvalue weighted by Crippen LogP contribution is -2.09. The van der Waals surface area contributed by atoms with Gasteiger partial charge in [0.25, 0.3) is 10.1 Å². The minimum atomic E-state index is -3.67. The number of aromatic nitrogens is 2. The molecule has 1 heterocycles. The van der Waals surface area contributed by atoms with Gasteiger partial charge in [0.2, 0.25) is 0 Å². The molecule has 10 nitrogen and oxygen atoms in total. The predicted octanol–water partition coefficient (Wildman–Crippen LogP) is 2.91. The number of hydrogen-bond acceptors (Lipinski definition) is 9. The normalized spacial score (nSPS) is 10.7. The molecule has 0 saturated carbocycles. The lowest BCUT2D eigenvalue weighted by molar-refractivity contribution is 0.132. The molecule has 0 aliphatic rings. The minimum absolute atomic E-state index is 0.388. The molecule has 0 aliphatic carbocycles. The lowest BCUT2D eigenvalue weighted by atomic mass is 10.1. The second-order valence-corrected chi connectivity index (χ2v) is 8.23. The quantitative estimate of drug-likeness (QED) is 0.249. The second-order valence-electron chi connectivity index (χ2n) is 6.77. The maximum Gasteiger partial charge on any atom is 0.261 e. The van der Waals surface area contributed by atoms with Crippen LogP contribution in [0.3, 0.4) is 0 Å². The largest absolute Gasteiger partial charge is 0.487 e. The number of nitrogens with one attached hydrogen (secondary N) is 1. The van der Waals surface area contributed by atoms with E-state index in [2.05, 4.69) is 21.2 Å². The molecular weight excluding hydrogens is 462 g/mol. The highest BCUT2D eigenvalue weighted by Crippen LogP contribution is 2.35. The van der Waals surface area contributed by atoms with Crippen LogP contribution in [0.15, 0.2) is 42.7 Å². The summed E-state index contributed by atoms with van der Waals surface area (Å²) in [6.45, 7) is 1.71. The summed E-state index contributed by atoms with van der Waals surface area (Å²) in [6, 6.07) is 11.3. The molecule has 2 aromatic carbocycles. The van der Waals surface area contributed by atoms with Gasteiger partial charge in [-0.1, -0.05) is 18.1 Å². The third-order valence-corrected chi connectivity index (χ3v) is 4.13. The fourth-order valence-corrected chi connectivity index (χ4v) is 2.70. The van der Waals surface area contributed by atoms with Crippen LogP contribution in [0.25, 0.3) is 10.9 Å². The van der Waals surface area contributed by atoms with Gasteiger partial charge in [0.15, 0.2) is 11.5 Å². The van der Waals surface area contributed by atoms with Gasteiger partial charge in [-0.15, -0.1) is 6.42 Å². The molecule has 3 aromatic rings. The summed E-state index contributed by atoms with van der Waals surface area (Å²) >= 11 is 0. The van der Waals surface area contributed by atoms with E-state index < -0.39 is 10.1 Å². The van der Waals surface area contributed by atoms with Crippen LogP contribution >= 0.6 is 0 Å². The first-order chi connectivity index (χ1) is 16.3. The summed E-state index contributed by atoms with van der Waals surface area (Å²) in [5.41, 5.74) is 2.25. The molecule has 0 atom stereocenters. The summed E-state index contributed by atoms with van der Waals surface area (Å²) in [6.07, 6.45) is 7.81. The Bertz CT molecular complexity index is 1220. The molecule has 1 aromatic heterocycles. The number of ether oxygens (including phenoxy) is 4. The molecule has 182 valence electrons. The van der Waals surface area contributed by atoms with Crippen molar-refractivity contribution < 1.29 is 31.9 Å². The molecule has 34 heavy (non-hydrogen) atoms. The molecule has 0 bridgehead atoms. The van der Waals surface area contributed by atoms with Gasteiger partial charge in [-0.05, 0) is 18.2 Å². The number of nitrogens with zero attached hydrogens (tertiary/aromatic N) is 2. The fraction of sp³-hybridized carbons (Fsp3) is 0.304. The number of methoxy groups -OCH3 is 2. The molecule has 0 spiro atoms. The van der Waals surface area contributed by atoms with Crippen molar-refractivity contribution in [2.45, 2.75) is 0 Å². The Kier molecular flexibility index (Phi) is 10.5. The van der Waals surface area contributed by atoms with Crippen LogP contribution in [-0.4, -0.2) is 69.8 Å². The van der Waals surface area contributed by atoms with Crippen LogP contribution in [0.5, 0.6) is 11.5 Å². The van der Waals surface area contributed by atoms with Crippen LogP contribution in [0.1, 0.15) is 5.56 Å². The predicted molar refractivity (Wildman–Crippen MR) is 129 cm³/mol. The average Bonchev–Trinajstić information content (AvgIpc) is 2.79. The second kappa shape index (κ2) is 13.3. The topological polar surface area (TPSA) is 129 Å². The third kappa shape index (κ3) is 8.84. The first-order valence-corrected chi connectivity index (χ1v) is 11.9. The summed E-state index contributed by atoms with van der Waals surface area (Å²) < 4.78 is 47.7. The summed E-state index contributed by atoms with van der Waals surface area (Å²) in [5, 5.41) is 4.08. The van der Waals surface area contributed by atoms with Crippen molar-refractivity contribution in [3.63, 3.8) is 0 Å².